The Morgan fingerprint density at radius 3 is 0.669 bits per heavy atom. The molecule has 0 saturated carbocycles. The van der Waals surface area contributed by atoms with Gasteiger partial charge in [-0.1, -0.05) is 285 Å². The molecule has 0 spiro atoms. The minimum atomic E-state index is -0.288. The SMILES string of the molecule is Fc1ccc(-c2cc(-c3ccccn3)nc(-c3ccc(-c4nc(-c5ccccc5)nc(-c5ccccc5)n4)cn3)c2)cc1.[C-]#[N+]c1ccc(-c2cc(-c3ccccn3)nc(-c3ccc(-c4nc(-c5ccccc5)nc(-c5ccccc5)n4)cn3)c2)cc1.c1ccc(-c2nc(-c3ccccc3)nc(-c3ccc(-c4cc(-c5ccc(-n6c7ccccc7c7ccccc76)cc5)cc(-c5ccccn5)n4)nc3)n2)cc1. The molecule has 0 bridgehead atoms. The lowest BCUT2D eigenvalue weighted by molar-refractivity contribution is 0.628. The van der Waals surface area contributed by atoms with Crippen molar-refractivity contribution < 1.29 is 4.39 Å². The summed E-state index contributed by atoms with van der Waals surface area (Å²) in [5.74, 6) is 4.88. The predicted molar refractivity (Wildman–Crippen MR) is 558 cm³/mol. The standard InChI is InChI=1S/C48H31N7.C37H23N7.C36H23FN6/c1-3-13-33(14-4-1)46-52-47(34-15-5-2-6-16-34)54-48(53-46)35-24-27-41(50-31-35)43-30-36(29-42(51-43)40-19-11-12-28-49-40)32-22-25-37(26-23-32)55-44-20-9-7-17-38(44)39-18-8-10-21-45(39)55;1-38-30-18-15-25(16-19-30)29-22-33(31-14-8-9-21-39-31)41-34(23-29)32-20-17-28(24-40-32)37-43-35(26-10-4-2-5-11-26)42-36(44-37)27-12-6-3-7-13-27;37-29-17-14-24(15-18-29)28-21-32(30-13-7-8-20-38-30)40-33(22-28)31-19-16-27(23-39-31)36-42-34(25-9-3-1-4-10-25)41-35(43-36)26-11-5-2-6-12-26/h1-31H;2-24H;1-23H. The fourth-order valence-corrected chi connectivity index (χ4v) is 16.6. The lowest BCUT2D eigenvalue weighted by atomic mass is 10.0. The molecule has 24 rings (SSSR count). The third kappa shape index (κ3) is 19.4. The molecule has 21 heteroatoms. The Labute approximate surface area is 816 Å². The topological polar surface area (TPSA) is 241 Å². The van der Waals surface area contributed by atoms with Gasteiger partial charge in [-0.2, -0.15) is 0 Å². The first-order valence-electron chi connectivity index (χ1n) is 45.8. The van der Waals surface area contributed by atoms with Crippen molar-refractivity contribution in [2.45, 2.75) is 0 Å². The van der Waals surface area contributed by atoms with Crippen LogP contribution in [-0.4, -0.2) is 94.3 Å². The number of pyridine rings is 9. The summed E-state index contributed by atoms with van der Waals surface area (Å²) in [4.78, 5) is 89.9. The van der Waals surface area contributed by atoms with Gasteiger partial charge < -0.3 is 4.57 Å². The summed E-state index contributed by atoms with van der Waals surface area (Å²) in [5.41, 5.74) is 26.2. The van der Waals surface area contributed by atoms with Crippen molar-refractivity contribution in [3.63, 3.8) is 0 Å². The molecule has 0 aliphatic rings. The van der Waals surface area contributed by atoms with Gasteiger partial charge in [0.25, 0.3) is 0 Å². The molecule has 0 saturated heterocycles. The van der Waals surface area contributed by atoms with E-state index in [1.54, 1.807) is 43.1 Å². The normalized spacial score (nSPS) is 11.0. The number of aromatic nitrogens is 19. The van der Waals surface area contributed by atoms with Crippen molar-refractivity contribution in [1.29, 1.82) is 0 Å². The predicted octanol–water partition coefficient (Wildman–Crippen LogP) is 28.0. The van der Waals surface area contributed by atoms with Gasteiger partial charge in [0.2, 0.25) is 0 Å². The van der Waals surface area contributed by atoms with E-state index in [4.69, 9.17) is 81.3 Å². The molecule has 0 radical (unpaired) electrons. The van der Waals surface area contributed by atoms with Crippen LogP contribution in [0.5, 0.6) is 0 Å². The van der Waals surface area contributed by atoms with Gasteiger partial charge in [0, 0.05) is 104 Å². The highest BCUT2D eigenvalue weighted by Crippen LogP contribution is 2.39. The second kappa shape index (κ2) is 40.3. The fraction of sp³-hybridized carbons (Fsp3) is 0. The Bertz CT molecular complexity index is 8410. The Morgan fingerprint density at radius 1 is 0.183 bits per heavy atom. The molecule has 0 aliphatic heterocycles. The highest BCUT2D eigenvalue weighted by atomic mass is 19.1. The summed E-state index contributed by atoms with van der Waals surface area (Å²) < 4.78 is 16.0. The van der Waals surface area contributed by atoms with Crippen molar-refractivity contribution >= 4 is 27.5 Å². The minimum absolute atomic E-state index is 0.288. The maximum Gasteiger partial charge on any atom is 0.187 e. The smallest absolute Gasteiger partial charge is 0.187 e. The Kier molecular flexibility index (Phi) is 24.8. The van der Waals surface area contributed by atoms with Gasteiger partial charge >= 0.3 is 0 Å². The second-order valence-electron chi connectivity index (χ2n) is 33.0. The lowest BCUT2D eigenvalue weighted by Crippen LogP contribution is -2.00. The zero-order valence-electron chi connectivity index (χ0n) is 75.8. The first kappa shape index (κ1) is 87.4. The zero-order chi connectivity index (χ0) is 95.3. The Balaban J connectivity index is 0.000000123. The minimum Gasteiger partial charge on any atom is -0.309 e. The molecular formula is C121H77FN20. The molecule has 0 unspecified atom stereocenters. The van der Waals surface area contributed by atoms with E-state index in [2.05, 4.69) is 109 Å². The lowest BCUT2D eigenvalue weighted by Gasteiger charge is -2.12. The van der Waals surface area contributed by atoms with Gasteiger partial charge in [0.1, 0.15) is 5.82 Å². The number of rotatable bonds is 19. The molecule has 668 valence electrons. The Hall–Kier alpha value is -20.0. The van der Waals surface area contributed by atoms with Crippen LogP contribution in [0.15, 0.2) is 468 Å². The van der Waals surface area contributed by atoms with Crippen molar-refractivity contribution in [3.8, 4) is 210 Å². The molecule has 0 atom stereocenters. The number of nitrogens with zero attached hydrogens (tertiary/aromatic N) is 20. The molecule has 11 aromatic carbocycles. The van der Waals surface area contributed by atoms with Gasteiger partial charge in [-0.05, 0) is 179 Å². The molecule has 13 heterocycles. The Morgan fingerprint density at radius 2 is 0.415 bits per heavy atom. The molecule has 0 aliphatic carbocycles. The second-order valence-corrected chi connectivity index (χ2v) is 33.0. The van der Waals surface area contributed by atoms with Gasteiger partial charge in [0.05, 0.1) is 85.9 Å². The monoisotopic (exact) mass is 1830 g/mol. The fourth-order valence-electron chi connectivity index (χ4n) is 16.6. The first-order chi connectivity index (χ1) is 70.2. The molecule has 0 N–H and O–H groups in total. The van der Waals surface area contributed by atoms with Gasteiger partial charge in [-0.15, -0.1) is 0 Å². The maximum atomic E-state index is 13.7. The largest absolute Gasteiger partial charge is 0.309 e. The van der Waals surface area contributed by atoms with Crippen LogP contribution in [0.25, 0.3) is 237 Å². The number of hydrogen-bond donors (Lipinski definition) is 0. The van der Waals surface area contributed by atoms with Crippen molar-refractivity contribution in [2.24, 2.45) is 0 Å². The number of benzene rings is 11. The van der Waals surface area contributed by atoms with Crippen LogP contribution in [0, 0.1) is 12.4 Å². The van der Waals surface area contributed by atoms with Gasteiger partial charge in [-0.3, -0.25) is 29.9 Å². The van der Waals surface area contributed by atoms with E-state index in [9.17, 15) is 4.39 Å². The van der Waals surface area contributed by atoms with E-state index in [1.165, 1.54) is 33.9 Å². The van der Waals surface area contributed by atoms with E-state index in [1.807, 2.05) is 328 Å². The average Bonchev–Trinajstić information content (AvgIpc) is 1.58. The number of hydrogen-bond acceptors (Lipinski definition) is 18. The molecule has 0 amide bonds. The molecule has 0 fully saturated rings. The van der Waals surface area contributed by atoms with E-state index in [-0.39, 0.29) is 5.82 Å². The first-order valence-corrected chi connectivity index (χ1v) is 45.8. The number of para-hydroxylation sites is 2. The van der Waals surface area contributed by atoms with Crippen LogP contribution >= 0.6 is 0 Å². The van der Waals surface area contributed by atoms with E-state index in [0.29, 0.717) is 86.6 Å². The summed E-state index contributed by atoms with van der Waals surface area (Å²) in [6.07, 6.45) is 10.6. The number of fused-ring (bicyclic) bond motifs is 3. The van der Waals surface area contributed by atoms with Crippen molar-refractivity contribution in [3.05, 3.63) is 485 Å². The van der Waals surface area contributed by atoms with E-state index >= 15 is 0 Å². The molecule has 13 aromatic heterocycles. The molecule has 24 aromatic rings. The third-order valence-electron chi connectivity index (χ3n) is 23.8. The van der Waals surface area contributed by atoms with Crippen LogP contribution in [0.1, 0.15) is 0 Å². The summed E-state index contributed by atoms with van der Waals surface area (Å²) >= 11 is 0. The van der Waals surface area contributed by atoms with Gasteiger partial charge in [-0.25, -0.2) is 69.0 Å². The van der Waals surface area contributed by atoms with E-state index in [0.717, 1.165) is 129 Å². The van der Waals surface area contributed by atoms with Crippen LogP contribution in [0.2, 0.25) is 0 Å². The summed E-state index contributed by atoms with van der Waals surface area (Å²) in [7, 11) is 0. The van der Waals surface area contributed by atoms with Crippen molar-refractivity contribution in [2.75, 3.05) is 0 Å². The molecule has 20 nitrogen and oxygen atoms in total. The van der Waals surface area contributed by atoms with Crippen LogP contribution in [-0.2, 0) is 0 Å². The van der Waals surface area contributed by atoms with E-state index < -0.39 is 0 Å². The van der Waals surface area contributed by atoms with Crippen LogP contribution < -0.4 is 0 Å². The summed E-state index contributed by atoms with van der Waals surface area (Å²) in [5, 5.41) is 2.48. The van der Waals surface area contributed by atoms with Crippen LogP contribution in [0.4, 0.5) is 10.1 Å². The highest BCUT2D eigenvalue weighted by molar-refractivity contribution is 6.09. The highest BCUT2D eigenvalue weighted by Gasteiger charge is 2.22. The van der Waals surface area contributed by atoms with Crippen LogP contribution in [0.3, 0.4) is 0 Å². The maximum absolute atomic E-state index is 13.7. The van der Waals surface area contributed by atoms with Gasteiger partial charge in [0.15, 0.2) is 58.1 Å². The number of halogens is 1. The third-order valence-corrected chi connectivity index (χ3v) is 23.8. The average molecular weight is 1830 g/mol. The summed E-state index contributed by atoms with van der Waals surface area (Å²) in [6, 6.07) is 140. The zero-order valence-corrected chi connectivity index (χ0v) is 75.8. The molecular weight excluding hydrogens is 1750 g/mol. The van der Waals surface area contributed by atoms with Crippen molar-refractivity contribution in [1.82, 2.24) is 94.3 Å². The quantitative estimate of drug-likeness (QED) is 0.0683. The summed E-state index contributed by atoms with van der Waals surface area (Å²) in [6.45, 7) is 7.29. The molecule has 142 heavy (non-hydrogen) atoms.